The van der Waals surface area contributed by atoms with Crippen molar-refractivity contribution in [3.8, 4) is 0 Å². The first kappa shape index (κ1) is 11.3. The predicted molar refractivity (Wildman–Crippen MR) is 58.5 cm³/mol. The van der Waals surface area contributed by atoms with Crippen LogP contribution in [0.25, 0.3) is 0 Å². The highest BCUT2D eigenvalue weighted by Gasteiger charge is 2.21. The third-order valence-corrected chi connectivity index (χ3v) is 3.67. The number of carboxylic acids is 1. The molecule has 1 saturated carbocycles. The van der Waals surface area contributed by atoms with E-state index >= 15 is 0 Å². The molecule has 0 spiro atoms. The second-order valence-corrected chi connectivity index (χ2v) is 4.84. The van der Waals surface area contributed by atoms with Crippen LogP contribution in [0.5, 0.6) is 0 Å². The van der Waals surface area contributed by atoms with Crippen LogP contribution in [-0.2, 0) is 11.3 Å². The second kappa shape index (κ2) is 4.73. The van der Waals surface area contributed by atoms with E-state index in [-0.39, 0.29) is 11.4 Å². The van der Waals surface area contributed by atoms with Crippen LogP contribution in [0.15, 0.2) is 9.95 Å². The lowest BCUT2D eigenvalue weighted by atomic mass is 9.85. The number of nitrogens with zero attached hydrogens (tertiary/aromatic N) is 2. The van der Waals surface area contributed by atoms with Gasteiger partial charge < -0.3 is 5.11 Å². The van der Waals surface area contributed by atoms with Crippen LogP contribution in [0.1, 0.15) is 19.3 Å². The average Bonchev–Trinajstić information content (AvgIpc) is 2.50. The standard InChI is InChI=1S/C9H13N3O3S/c13-7(14)5-16-9-11-10-8(15)12(9)4-6-2-1-3-6/h6H,1-5H2,(H,10,15)(H,13,14). The SMILES string of the molecule is O=C(O)CSc1n[nH]c(=O)n1CC1CCC1. The van der Waals surface area contributed by atoms with E-state index in [0.717, 1.165) is 24.6 Å². The lowest BCUT2D eigenvalue weighted by Crippen LogP contribution is -2.26. The van der Waals surface area contributed by atoms with Crippen LogP contribution in [-0.4, -0.2) is 31.6 Å². The molecule has 0 aromatic carbocycles. The fourth-order valence-electron chi connectivity index (χ4n) is 1.63. The molecule has 1 aromatic heterocycles. The zero-order valence-electron chi connectivity index (χ0n) is 8.68. The molecule has 1 aromatic rings. The molecule has 0 bridgehead atoms. The number of carbonyl (C=O) groups is 1. The summed E-state index contributed by atoms with van der Waals surface area (Å²) in [7, 11) is 0. The van der Waals surface area contributed by atoms with E-state index in [2.05, 4.69) is 10.2 Å². The molecule has 1 heterocycles. The van der Waals surface area contributed by atoms with Gasteiger partial charge in [0.25, 0.3) is 0 Å². The molecule has 88 valence electrons. The zero-order chi connectivity index (χ0) is 11.5. The minimum Gasteiger partial charge on any atom is -0.481 e. The maximum absolute atomic E-state index is 11.4. The number of aliphatic carboxylic acids is 1. The van der Waals surface area contributed by atoms with Crippen molar-refractivity contribution in [1.82, 2.24) is 14.8 Å². The van der Waals surface area contributed by atoms with Gasteiger partial charge in [0.15, 0.2) is 5.16 Å². The van der Waals surface area contributed by atoms with Gasteiger partial charge in [-0.3, -0.25) is 9.36 Å². The number of carboxylic acid groups (broad SMARTS) is 1. The van der Waals surface area contributed by atoms with Gasteiger partial charge in [0, 0.05) is 6.54 Å². The summed E-state index contributed by atoms with van der Waals surface area (Å²) in [5.41, 5.74) is -0.250. The molecular weight excluding hydrogens is 230 g/mol. The van der Waals surface area contributed by atoms with E-state index in [0.29, 0.717) is 17.6 Å². The molecule has 0 unspecified atom stereocenters. The summed E-state index contributed by atoms with van der Waals surface area (Å²) in [4.78, 5) is 21.9. The average molecular weight is 243 g/mol. The summed E-state index contributed by atoms with van der Waals surface area (Å²) in [6, 6.07) is 0. The van der Waals surface area contributed by atoms with Gasteiger partial charge in [0.1, 0.15) is 0 Å². The van der Waals surface area contributed by atoms with Gasteiger partial charge in [-0.2, -0.15) is 0 Å². The first-order valence-corrected chi connectivity index (χ1v) is 6.15. The highest BCUT2D eigenvalue weighted by atomic mass is 32.2. The largest absolute Gasteiger partial charge is 0.481 e. The molecule has 1 fully saturated rings. The van der Waals surface area contributed by atoms with E-state index in [1.807, 2.05) is 0 Å². The first-order chi connectivity index (χ1) is 7.66. The maximum Gasteiger partial charge on any atom is 0.343 e. The monoisotopic (exact) mass is 243 g/mol. The van der Waals surface area contributed by atoms with Crippen LogP contribution < -0.4 is 5.69 Å². The van der Waals surface area contributed by atoms with Crippen LogP contribution in [0, 0.1) is 5.92 Å². The molecule has 7 heteroatoms. The lowest BCUT2D eigenvalue weighted by Gasteiger charge is -2.25. The van der Waals surface area contributed by atoms with Crippen LogP contribution in [0.4, 0.5) is 0 Å². The van der Waals surface area contributed by atoms with Gasteiger partial charge >= 0.3 is 11.7 Å². The number of hydrogen-bond acceptors (Lipinski definition) is 4. The fourth-order valence-corrected chi connectivity index (χ4v) is 2.31. The lowest BCUT2D eigenvalue weighted by molar-refractivity contribution is -0.133. The Morgan fingerprint density at radius 1 is 1.62 bits per heavy atom. The zero-order valence-corrected chi connectivity index (χ0v) is 9.50. The van der Waals surface area contributed by atoms with Crippen molar-refractivity contribution in [2.24, 2.45) is 5.92 Å². The summed E-state index contributed by atoms with van der Waals surface area (Å²) >= 11 is 1.07. The Hall–Kier alpha value is -1.24. The minimum atomic E-state index is -0.907. The molecule has 0 radical (unpaired) electrons. The van der Waals surface area contributed by atoms with Crippen molar-refractivity contribution >= 4 is 17.7 Å². The maximum atomic E-state index is 11.4. The third-order valence-electron chi connectivity index (χ3n) is 2.71. The van der Waals surface area contributed by atoms with Crippen molar-refractivity contribution in [3.63, 3.8) is 0 Å². The molecule has 2 N–H and O–H groups in total. The Kier molecular flexibility index (Phi) is 3.33. The number of hydrogen-bond donors (Lipinski definition) is 2. The molecule has 0 aliphatic heterocycles. The van der Waals surface area contributed by atoms with E-state index in [1.54, 1.807) is 0 Å². The molecule has 6 nitrogen and oxygen atoms in total. The summed E-state index contributed by atoms with van der Waals surface area (Å²) in [6.45, 7) is 0.650. The van der Waals surface area contributed by atoms with Gasteiger partial charge in [-0.15, -0.1) is 5.10 Å². The Balaban J connectivity index is 2.05. The topological polar surface area (TPSA) is 88.0 Å². The van der Waals surface area contributed by atoms with Crippen molar-refractivity contribution < 1.29 is 9.90 Å². The molecule has 0 saturated heterocycles. The van der Waals surface area contributed by atoms with Crippen molar-refractivity contribution in [2.75, 3.05) is 5.75 Å². The van der Waals surface area contributed by atoms with Crippen LogP contribution >= 0.6 is 11.8 Å². The van der Waals surface area contributed by atoms with Gasteiger partial charge in [0.05, 0.1) is 5.75 Å². The first-order valence-electron chi connectivity index (χ1n) is 5.16. The number of aromatic nitrogens is 3. The molecule has 2 rings (SSSR count). The summed E-state index contributed by atoms with van der Waals surface area (Å²) in [5, 5.41) is 15.2. The van der Waals surface area contributed by atoms with E-state index in [9.17, 15) is 9.59 Å². The van der Waals surface area contributed by atoms with E-state index in [1.165, 1.54) is 11.0 Å². The summed E-state index contributed by atoms with van der Waals surface area (Å²) < 4.78 is 1.54. The van der Waals surface area contributed by atoms with E-state index < -0.39 is 5.97 Å². The molecule has 1 aliphatic rings. The molecule has 0 atom stereocenters. The summed E-state index contributed by atoms with van der Waals surface area (Å²) in [5.74, 6) is -0.440. The Bertz CT molecular complexity index is 435. The van der Waals surface area contributed by atoms with Gasteiger partial charge in [-0.25, -0.2) is 9.89 Å². The van der Waals surface area contributed by atoms with Gasteiger partial charge in [-0.05, 0) is 18.8 Å². The number of H-pyrrole nitrogens is 1. The van der Waals surface area contributed by atoms with Crippen molar-refractivity contribution in [3.05, 3.63) is 10.5 Å². The summed E-state index contributed by atoms with van der Waals surface area (Å²) in [6.07, 6.45) is 3.50. The van der Waals surface area contributed by atoms with Gasteiger partial charge in [-0.1, -0.05) is 18.2 Å². The molecular formula is C9H13N3O3S. The molecule has 0 amide bonds. The minimum absolute atomic E-state index is 0.0744. The van der Waals surface area contributed by atoms with Crippen molar-refractivity contribution in [2.45, 2.75) is 31.0 Å². The number of aromatic amines is 1. The van der Waals surface area contributed by atoms with Crippen LogP contribution in [0.3, 0.4) is 0 Å². The number of thioether (sulfide) groups is 1. The quantitative estimate of drug-likeness (QED) is 0.737. The predicted octanol–water partition coefficient (Wildman–Crippen LogP) is 0.548. The van der Waals surface area contributed by atoms with Crippen molar-refractivity contribution in [1.29, 1.82) is 0 Å². The Morgan fingerprint density at radius 3 is 2.94 bits per heavy atom. The Labute approximate surface area is 96.0 Å². The highest BCUT2D eigenvalue weighted by molar-refractivity contribution is 7.99. The number of rotatable bonds is 5. The van der Waals surface area contributed by atoms with Gasteiger partial charge in [0.2, 0.25) is 0 Å². The second-order valence-electron chi connectivity index (χ2n) is 3.90. The third kappa shape index (κ3) is 2.46. The fraction of sp³-hybridized carbons (Fsp3) is 0.667. The van der Waals surface area contributed by atoms with Crippen LogP contribution in [0.2, 0.25) is 0 Å². The normalized spacial score (nSPS) is 16.0. The highest BCUT2D eigenvalue weighted by Crippen LogP contribution is 2.28. The molecule has 1 aliphatic carbocycles. The Morgan fingerprint density at radius 2 is 2.38 bits per heavy atom. The van der Waals surface area contributed by atoms with E-state index in [4.69, 9.17) is 5.11 Å². The number of nitrogens with one attached hydrogen (secondary N) is 1. The smallest absolute Gasteiger partial charge is 0.343 e. The molecule has 16 heavy (non-hydrogen) atoms.